The molecular formula is C15H24N2O. The van der Waals surface area contributed by atoms with Crippen molar-refractivity contribution in [3.63, 3.8) is 0 Å². The highest BCUT2D eigenvalue weighted by Gasteiger charge is 2.15. The number of carbonyl (C=O) groups is 1. The molecule has 1 amide bonds. The van der Waals surface area contributed by atoms with E-state index in [-0.39, 0.29) is 5.91 Å². The summed E-state index contributed by atoms with van der Waals surface area (Å²) in [5.41, 5.74) is 2.80. The highest BCUT2D eigenvalue weighted by Crippen LogP contribution is 2.19. The zero-order valence-corrected chi connectivity index (χ0v) is 12.1. The minimum absolute atomic E-state index is 0.0833. The van der Waals surface area contributed by atoms with Crippen LogP contribution in [0, 0.1) is 12.8 Å². The van der Waals surface area contributed by atoms with Gasteiger partial charge in [0.05, 0.1) is 5.56 Å². The van der Waals surface area contributed by atoms with Gasteiger partial charge < -0.3 is 10.2 Å². The second kappa shape index (κ2) is 6.43. The summed E-state index contributed by atoms with van der Waals surface area (Å²) in [4.78, 5) is 14.1. The second-order valence-corrected chi connectivity index (χ2v) is 5.21. The first-order valence-corrected chi connectivity index (χ1v) is 6.49. The third-order valence-corrected chi connectivity index (χ3v) is 3.06. The lowest BCUT2D eigenvalue weighted by molar-refractivity contribution is 0.0790. The van der Waals surface area contributed by atoms with E-state index in [9.17, 15) is 4.79 Å². The Kier molecular flexibility index (Phi) is 5.20. The van der Waals surface area contributed by atoms with Crippen molar-refractivity contribution in [3.05, 3.63) is 29.3 Å². The Labute approximate surface area is 110 Å². The number of aryl methyl sites for hydroxylation is 1. The molecule has 0 saturated heterocycles. The van der Waals surface area contributed by atoms with Gasteiger partial charge in [-0.15, -0.1) is 0 Å². The van der Waals surface area contributed by atoms with E-state index in [2.05, 4.69) is 19.2 Å². The number of nitrogens with one attached hydrogen (secondary N) is 1. The zero-order valence-electron chi connectivity index (χ0n) is 12.1. The maximum absolute atomic E-state index is 12.3. The summed E-state index contributed by atoms with van der Waals surface area (Å²) in [7, 11) is 3.71. The van der Waals surface area contributed by atoms with Gasteiger partial charge in [0, 0.05) is 26.3 Å². The Morgan fingerprint density at radius 3 is 2.61 bits per heavy atom. The predicted octanol–water partition coefficient (Wildman–Crippen LogP) is 3.15. The van der Waals surface area contributed by atoms with Gasteiger partial charge >= 0.3 is 0 Å². The lowest BCUT2D eigenvalue weighted by atomic mass is 10.1. The van der Waals surface area contributed by atoms with Gasteiger partial charge in [0.15, 0.2) is 0 Å². The predicted molar refractivity (Wildman–Crippen MR) is 77.1 cm³/mol. The average Bonchev–Trinajstić information content (AvgIpc) is 2.34. The number of nitrogens with zero attached hydrogens (tertiary/aromatic N) is 1. The van der Waals surface area contributed by atoms with E-state index >= 15 is 0 Å². The molecule has 100 valence electrons. The minimum Gasteiger partial charge on any atom is -0.387 e. The zero-order chi connectivity index (χ0) is 13.7. The van der Waals surface area contributed by atoms with Gasteiger partial charge in [-0.2, -0.15) is 0 Å². The van der Waals surface area contributed by atoms with Crippen molar-refractivity contribution in [3.8, 4) is 0 Å². The van der Waals surface area contributed by atoms with Crippen LogP contribution in [0.2, 0.25) is 0 Å². The smallest absolute Gasteiger partial charge is 0.255 e. The summed E-state index contributed by atoms with van der Waals surface area (Å²) in [5.74, 6) is 0.696. The Balaban J connectivity index is 2.83. The molecule has 0 spiro atoms. The number of anilines is 1. The molecule has 0 atom stereocenters. The molecule has 0 aliphatic rings. The van der Waals surface area contributed by atoms with Crippen molar-refractivity contribution < 1.29 is 4.79 Å². The molecule has 1 rings (SSSR count). The molecule has 1 N–H and O–H groups in total. The largest absolute Gasteiger partial charge is 0.387 e. The van der Waals surface area contributed by atoms with Crippen LogP contribution in [0.15, 0.2) is 18.2 Å². The van der Waals surface area contributed by atoms with E-state index in [0.29, 0.717) is 5.92 Å². The molecule has 0 bridgehead atoms. The van der Waals surface area contributed by atoms with Gasteiger partial charge in [0.2, 0.25) is 0 Å². The van der Waals surface area contributed by atoms with Gasteiger partial charge in [-0.3, -0.25) is 4.79 Å². The van der Waals surface area contributed by atoms with Crippen molar-refractivity contribution in [2.24, 2.45) is 5.92 Å². The third kappa shape index (κ3) is 3.76. The van der Waals surface area contributed by atoms with E-state index in [1.807, 2.05) is 39.2 Å². The summed E-state index contributed by atoms with van der Waals surface area (Å²) < 4.78 is 0. The first-order chi connectivity index (χ1) is 8.45. The van der Waals surface area contributed by atoms with Crippen LogP contribution in [0.1, 0.15) is 36.2 Å². The van der Waals surface area contributed by atoms with E-state index in [4.69, 9.17) is 0 Å². The monoisotopic (exact) mass is 248 g/mol. The summed E-state index contributed by atoms with van der Waals surface area (Å²) in [5, 5.41) is 3.09. The highest BCUT2D eigenvalue weighted by atomic mass is 16.2. The number of carbonyl (C=O) groups excluding carboxylic acids is 1. The van der Waals surface area contributed by atoms with Gasteiger partial charge in [0.1, 0.15) is 0 Å². The maximum Gasteiger partial charge on any atom is 0.255 e. The van der Waals surface area contributed by atoms with Gasteiger partial charge in [-0.25, -0.2) is 0 Å². The molecule has 0 aliphatic carbocycles. The van der Waals surface area contributed by atoms with Gasteiger partial charge in [-0.1, -0.05) is 19.9 Å². The molecule has 18 heavy (non-hydrogen) atoms. The fourth-order valence-electron chi connectivity index (χ4n) is 1.81. The molecule has 0 saturated carbocycles. The molecule has 1 aromatic rings. The van der Waals surface area contributed by atoms with Crippen LogP contribution in [0.4, 0.5) is 5.69 Å². The van der Waals surface area contributed by atoms with Crippen LogP contribution in [-0.2, 0) is 0 Å². The standard InChI is InChI=1S/C15H24N2O/c1-11(2)8-9-17(5)15(18)13-7-6-12(3)10-14(13)16-4/h6-7,10-11,16H,8-9H2,1-5H3. The summed E-state index contributed by atoms with van der Waals surface area (Å²) in [6, 6.07) is 5.88. The Morgan fingerprint density at radius 1 is 1.39 bits per heavy atom. The van der Waals surface area contributed by atoms with Crippen molar-refractivity contribution in [1.82, 2.24) is 4.90 Å². The fourth-order valence-corrected chi connectivity index (χ4v) is 1.81. The summed E-state index contributed by atoms with van der Waals surface area (Å²) >= 11 is 0. The van der Waals surface area contributed by atoms with Gasteiger partial charge in [0.25, 0.3) is 5.91 Å². The minimum atomic E-state index is 0.0833. The highest BCUT2D eigenvalue weighted by molar-refractivity contribution is 5.99. The van der Waals surface area contributed by atoms with Crippen LogP contribution >= 0.6 is 0 Å². The lowest BCUT2D eigenvalue weighted by Crippen LogP contribution is -2.29. The molecule has 3 nitrogen and oxygen atoms in total. The molecule has 1 aromatic carbocycles. The SMILES string of the molecule is CNc1cc(C)ccc1C(=O)N(C)CCC(C)C. The Hall–Kier alpha value is -1.51. The number of hydrogen-bond acceptors (Lipinski definition) is 2. The Morgan fingerprint density at radius 2 is 2.06 bits per heavy atom. The topological polar surface area (TPSA) is 32.3 Å². The number of benzene rings is 1. The molecule has 0 unspecified atom stereocenters. The molecule has 0 aliphatic heterocycles. The molecular weight excluding hydrogens is 224 g/mol. The molecule has 0 aromatic heterocycles. The van der Waals surface area contributed by atoms with Crippen molar-refractivity contribution >= 4 is 11.6 Å². The molecule has 3 heteroatoms. The van der Waals surface area contributed by atoms with Crippen molar-refractivity contribution in [1.29, 1.82) is 0 Å². The first kappa shape index (κ1) is 14.6. The van der Waals surface area contributed by atoms with E-state index in [0.717, 1.165) is 29.8 Å². The number of amides is 1. The fraction of sp³-hybridized carbons (Fsp3) is 0.533. The van der Waals surface area contributed by atoms with E-state index in [1.165, 1.54) is 0 Å². The van der Waals surface area contributed by atoms with Crippen LogP contribution in [0.5, 0.6) is 0 Å². The van der Waals surface area contributed by atoms with E-state index < -0.39 is 0 Å². The molecule has 0 radical (unpaired) electrons. The number of hydrogen-bond donors (Lipinski definition) is 1. The second-order valence-electron chi connectivity index (χ2n) is 5.21. The van der Waals surface area contributed by atoms with Crippen molar-refractivity contribution in [2.75, 3.05) is 26.0 Å². The normalized spacial score (nSPS) is 10.6. The van der Waals surface area contributed by atoms with Crippen LogP contribution < -0.4 is 5.32 Å². The maximum atomic E-state index is 12.3. The summed E-state index contributed by atoms with van der Waals surface area (Å²) in [6.45, 7) is 7.16. The van der Waals surface area contributed by atoms with Crippen LogP contribution in [0.25, 0.3) is 0 Å². The van der Waals surface area contributed by atoms with E-state index in [1.54, 1.807) is 4.90 Å². The number of rotatable bonds is 5. The quantitative estimate of drug-likeness (QED) is 0.868. The average molecular weight is 248 g/mol. The third-order valence-electron chi connectivity index (χ3n) is 3.06. The van der Waals surface area contributed by atoms with Crippen LogP contribution in [-0.4, -0.2) is 31.4 Å². The summed E-state index contributed by atoms with van der Waals surface area (Å²) in [6.07, 6.45) is 1.03. The van der Waals surface area contributed by atoms with Gasteiger partial charge in [-0.05, 0) is 37.0 Å². The van der Waals surface area contributed by atoms with Crippen LogP contribution in [0.3, 0.4) is 0 Å². The molecule has 0 heterocycles. The molecule has 0 fully saturated rings. The Bertz CT molecular complexity index is 413. The first-order valence-electron chi connectivity index (χ1n) is 6.49. The van der Waals surface area contributed by atoms with Crippen molar-refractivity contribution in [2.45, 2.75) is 27.2 Å². The lowest BCUT2D eigenvalue weighted by Gasteiger charge is -2.20.